The number of amides is 1. The van der Waals surface area contributed by atoms with Crippen LogP contribution in [-0.2, 0) is 11.3 Å². The fraction of sp³-hybridized carbons (Fsp3) is 0.267. The Morgan fingerprint density at radius 3 is 2.69 bits per heavy atom. The molecule has 2 aliphatic rings. The molecule has 2 aromatic carbocycles. The molecule has 2 aromatic heterocycles. The van der Waals surface area contributed by atoms with E-state index >= 15 is 4.39 Å². The van der Waals surface area contributed by atoms with Crippen LogP contribution >= 0.6 is 0 Å². The van der Waals surface area contributed by atoms with E-state index in [0.29, 0.717) is 52.7 Å². The molecule has 1 aliphatic heterocycles. The quantitative estimate of drug-likeness (QED) is 0.255. The van der Waals surface area contributed by atoms with Crippen molar-refractivity contribution in [2.45, 2.75) is 38.3 Å². The average Bonchev–Trinajstić information content (AvgIpc) is 3.52. The number of likely N-dealkylation sites (tertiary alicyclic amines) is 1. The lowest BCUT2D eigenvalue weighted by Crippen LogP contribution is -2.38. The van der Waals surface area contributed by atoms with E-state index in [4.69, 9.17) is 10.5 Å². The zero-order chi connectivity index (χ0) is 26.9. The first-order chi connectivity index (χ1) is 19.0. The number of nitrogen functional groups attached to an aromatic ring is 1. The number of benzene rings is 2. The number of nitrogens with zero attached hydrogens (tertiary/aromatic N) is 5. The highest BCUT2D eigenvalue weighted by atomic mass is 19.1. The standard InChI is InChI=1S/C30H27FN6O2/c31-26-14-23(39-22-6-2-1-3-7-22)10-11-24(26)25-17-36(29-27(25)28(33)34-18-35-29)16-21-5-4-12-37(21)30(38)20(15-32)13-19-8-9-19/h1-3,6-7,10-11,13-14,17-19,21H,4-5,8-9,12,16H2,(H2,33,34,35)/b20-13+/t21-/m0/s1. The Kier molecular flexibility index (Phi) is 6.45. The van der Waals surface area contributed by atoms with Crippen LogP contribution in [0.1, 0.15) is 25.7 Å². The summed E-state index contributed by atoms with van der Waals surface area (Å²) in [6, 6.07) is 15.9. The smallest absolute Gasteiger partial charge is 0.264 e. The van der Waals surface area contributed by atoms with Crippen LogP contribution in [0.15, 0.2) is 72.7 Å². The molecule has 1 saturated carbocycles. The number of hydrogen-bond donors (Lipinski definition) is 1. The minimum Gasteiger partial charge on any atom is -0.457 e. The normalized spacial score (nSPS) is 17.4. The summed E-state index contributed by atoms with van der Waals surface area (Å²) in [6.45, 7) is 1.03. The molecule has 6 rings (SSSR count). The van der Waals surface area contributed by atoms with Gasteiger partial charge in [-0.1, -0.05) is 24.3 Å². The van der Waals surface area contributed by atoms with E-state index in [1.807, 2.05) is 35.0 Å². The zero-order valence-electron chi connectivity index (χ0n) is 21.3. The van der Waals surface area contributed by atoms with E-state index in [2.05, 4.69) is 16.0 Å². The molecule has 9 heteroatoms. The number of carbonyl (C=O) groups is 1. The van der Waals surface area contributed by atoms with Crippen LogP contribution in [-0.4, -0.2) is 37.9 Å². The van der Waals surface area contributed by atoms with E-state index in [1.54, 1.807) is 29.2 Å². The maximum atomic E-state index is 15.5. The summed E-state index contributed by atoms with van der Waals surface area (Å²) in [6.07, 6.45) is 8.70. The van der Waals surface area contributed by atoms with Crippen molar-refractivity contribution in [3.63, 3.8) is 0 Å². The Balaban J connectivity index is 1.32. The molecule has 1 atom stereocenters. The molecule has 0 radical (unpaired) electrons. The van der Waals surface area contributed by atoms with Gasteiger partial charge in [0.15, 0.2) is 0 Å². The number of rotatable bonds is 7. The number of ether oxygens (including phenoxy) is 1. The van der Waals surface area contributed by atoms with Crippen molar-refractivity contribution in [1.29, 1.82) is 5.26 Å². The summed E-state index contributed by atoms with van der Waals surface area (Å²) >= 11 is 0. The Morgan fingerprint density at radius 2 is 1.95 bits per heavy atom. The van der Waals surface area contributed by atoms with Crippen LogP contribution in [0.5, 0.6) is 11.5 Å². The average molecular weight is 523 g/mol. The van der Waals surface area contributed by atoms with E-state index in [-0.39, 0.29) is 23.3 Å². The number of allylic oxidation sites excluding steroid dienone is 1. The van der Waals surface area contributed by atoms with E-state index in [1.165, 1.54) is 12.4 Å². The van der Waals surface area contributed by atoms with Gasteiger partial charge in [0.25, 0.3) is 5.91 Å². The number of carbonyl (C=O) groups excluding carboxylic acids is 1. The van der Waals surface area contributed by atoms with E-state index < -0.39 is 5.82 Å². The molecule has 2 fully saturated rings. The van der Waals surface area contributed by atoms with Crippen molar-refractivity contribution in [2.75, 3.05) is 12.3 Å². The van der Waals surface area contributed by atoms with E-state index in [9.17, 15) is 10.1 Å². The van der Waals surface area contributed by atoms with Gasteiger partial charge in [-0.2, -0.15) is 5.26 Å². The second kappa shape index (κ2) is 10.2. The molecule has 2 N–H and O–H groups in total. The minimum absolute atomic E-state index is 0.125. The third kappa shape index (κ3) is 4.93. The van der Waals surface area contributed by atoms with Gasteiger partial charge >= 0.3 is 0 Å². The molecule has 0 bridgehead atoms. The maximum Gasteiger partial charge on any atom is 0.264 e. The van der Waals surface area contributed by atoms with Crippen molar-refractivity contribution >= 4 is 22.8 Å². The largest absolute Gasteiger partial charge is 0.457 e. The Morgan fingerprint density at radius 1 is 1.13 bits per heavy atom. The van der Waals surface area contributed by atoms with Gasteiger partial charge < -0.3 is 19.9 Å². The van der Waals surface area contributed by atoms with Gasteiger partial charge in [-0.05, 0) is 55.9 Å². The van der Waals surface area contributed by atoms with Gasteiger partial charge in [0.1, 0.15) is 46.8 Å². The lowest BCUT2D eigenvalue weighted by atomic mass is 10.1. The first kappa shape index (κ1) is 24.6. The molecule has 1 saturated heterocycles. The number of fused-ring (bicyclic) bond motifs is 1. The monoisotopic (exact) mass is 522 g/mol. The predicted octanol–water partition coefficient (Wildman–Crippen LogP) is 5.46. The Hall–Kier alpha value is -4.71. The molecule has 1 amide bonds. The number of nitrogens with two attached hydrogens (primary N) is 1. The zero-order valence-corrected chi connectivity index (χ0v) is 21.3. The summed E-state index contributed by atoms with van der Waals surface area (Å²) in [5.74, 6) is 0.880. The number of nitriles is 1. The third-order valence-corrected chi connectivity index (χ3v) is 7.31. The second-order valence-corrected chi connectivity index (χ2v) is 10.0. The number of para-hydroxylation sites is 1. The fourth-order valence-electron chi connectivity index (χ4n) is 5.22. The first-order valence-corrected chi connectivity index (χ1v) is 13.1. The van der Waals surface area contributed by atoms with Crippen molar-refractivity contribution in [1.82, 2.24) is 19.4 Å². The molecule has 0 unspecified atom stereocenters. The van der Waals surface area contributed by atoms with Gasteiger partial charge in [-0.15, -0.1) is 0 Å². The predicted molar refractivity (Wildman–Crippen MR) is 145 cm³/mol. The van der Waals surface area contributed by atoms with Gasteiger partial charge in [-0.3, -0.25) is 4.79 Å². The lowest BCUT2D eigenvalue weighted by Gasteiger charge is -2.25. The molecular formula is C30H27FN6O2. The molecule has 8 nitrogen and oxygen atoms in total. The Labute approximate surface area is 225 Å². The summed E-state index contributed by atoms with van der Waals surface area (Å²) in [5.41, 5.74) is 7.96. The van der Waals surface area contributed by atoms with Crippen molar-refractivity contribution in [2.24, 2.45) is 5.92 Å². The highest BCUT2D eigenvalue weighted by molar-refractivity contribution is 6.01. The van der Waals surface area contributed by atoms with Crippen LogP contribution < -0.4 is 10.5 Å². The number of hydrogen-bond acceptors (Lipinski definition) is 6. The summed E-state index contributed by atoms with van der Waals surface area (Å²) in [7, 11) is 0. The molecule has 4 aromatic rings. The summed E-state index contributed by atoms with van der Waals surface area (Å²) in [4.78, 5) is 23.6. The van der Waals surface area contributed by atoms with Gasteiger partial charge in [0.2, 0.25) is 0 Å². The molecule has 3 heterocycles. The number of aromatic nitrogens is 3. The van der Waals surface area contributed by atoms with Crippen LogP contribution in [0, 0.1) is 23.1 Å². The number of halogens is 1. The third-order valence-electron chi connectivity index (χ3n) is 7.31. The van der Waals surface area contributed by atoms with Gasteiger partial charge in [-0.25, -0.2) is 14.4 Å². The topological polar surface area (TPSA) is 110 Å². The van der Waals surface area contributed by atoms with Crippen LogP contribution in [0.25, 0.3) is 22.2 Å². The fourth-order valence-corrected chi connectivity index (χ4v) is 5.22. The summed E-state index contributed by atoms with van der Waals surface area (Å²) in [5, 5.41) is 10.1. The number of anilines is 1. The molecular weight excluding hydrogens is 495 g/mol. The lowest BCUT2D eigenvalue weighted by molar-refractivity contribution is -0.127. The molecule has 0 spiro atoms. The molecule has 196 valence electrons. The van der Waals surface area contributed by atoms with Crippen LogP contribution in [0.4, 0.5) is 10.2 Å². The summed E-state index contributed by atoms with van der Waals surface area (Å²) < 4.78 is 23.1. The van der Waals surface area contributed by atoms with Crippen molar-refractivity contribution in [3.05, 3.63) is 78.5 Å². The van der Waals surface area contributed by atoms with Gasteiger partial charge in [0, 0.05) is 36.5 Å². The molecule has 39 heavy (non-hydrogen) atoms. The SMILES string of the molecule is N#C/C(=C\C1CC1)C(=O)N1CCC[C@H]1Cn1cc(-c2ccc(Oc3ccccc3)cc2F)c2c(N)ncnc21. The maximum absolute atomic E-state index is 15.5. The minimum atomic E-state index is -0.465. The highest BCUT2D eigenvalue weighted by Gasteiger charge is 2.33. The van der Waals surface area contributed by atoms with Crippen LogP contribution in [0.3, 0.4) is 0 Å². The van der Waals surface area contributed by atoms with E-state index in [0.717, 1.165) is 25.7 Å². The van der Waals surface area contributed by atoms with Crippen molar-refractivity contribution in [3.8, 4) is 28.7 Å². The first-order valence-electron chi connectivity index (χ1n) is 13.1. The second-order valence-electron chi connectivity index (χ2n) is 10.0. The Bertz CT molecular complexity index is 1620. The van der Waals surface area contributed by atoms with Gasteiger partial charge in [0.05, 0.1) is 11.4 Å². The van der Waals surface area contributed by atoms with Crippen LogP contribution in [0.2, 0.25) is 0 Å². The molecule has 1 aliphatic carbocycles. The highest BCUT2D eigenvalue weighted by Crippen LogP contribution is 2.37. The van der Waals surface area contributed by atoms with Crippen molar-refractivity contribution < 1.29 is 13.9 Å².